The molecular formula is C21H21FN2O3S. The second kappa shape index (κ2) is 8.93. The molecule has 1 atom stereocenters. The van der Waals surface area contributed by atoms with Gasteiger partial charge in [-0.1, -0.05) is 24.3 Å². The minimum Gasteiger partial charge on any atom is -0.456 e. The summed E-state index contributed by atoms with van der Waals surface area (Å²) in [5, 5.41) is 0.833. The number of ether oxygens (including phenoxy) is 1. The van der Waals surface area contributed by atoms with Gasteiger partial charge in [-0.25, -0.2) is 9.37 Å². The SMILES string of the molecule is C[C@H](c1nc2ccccc2s1)N(C)C(=O)COC(=O)CCc1ccc(F)cc1. The molecule has 0 spiro atoms. The Labute approximate surface area is 166 Å². The number of hydrogen-bond donors (Lipinski definition) is 0. The Bertz CT molecular complexity index is 938. The highest BCUT2D eigenvalue weighted by Gasteiger charge is 2.21. The topological polar surface area (TPSA) is 59.5 Å². The molecular weight excluding hydrogens is 379 g/mol. The number of rotatable bonds is 7. The molecule has 1 amide bonds. The highest BCUT2D eigenvalue weighted by molar-refractivity contribution is 7.18. The summed E-state index contributed by atoms with van der Waals surface area (Å²) >= 11 is 1.54. The third kappa shape index (κ3) is 4.92. The molecule has 7 heteroatoms. The van der Waals surface area contributed by atoms with Crippen LogP contribution >= 0.6 is 11.3 Å². The van der Waals surface area contributed by atoms with E-state index in [1.54, 1.807) is 30.5 Å². The minimum atomic E-state index is -0.460. The zero-order valence-corrected chi connectivity index (χ0v) is 16.5. The summed E-state index contributed by atoms with van der Waals surface area (Å²) < 4.78 is 19.0. The van der Waals surface area contributed by atoms with Gasteiger partial charge in [0.15, 0.2) is 6.61 Å². The first-order valence-corrected chi connectivity index (χ1v) is 9.77. The summed E-state index contributed by atoms with van der Waals surface area (Å²) in [6.45, 7) is 1.58. The Hall–Kier alpha value is -2.80. The predicted molar refractivity (Wildman–Crippen MR) is 106 cm³/mol. The van der Waals surface area contributed by atoms with Crippen LogP contribution in [0.1, 0.15) is 30.0 Å². The van der Waals surface area contributed by atoms with E-state index in [-0.39, 0.29) is 30.8 Å². The smallest absolute Gasteiger partial charge is 0.306 e. The van der Waals surface area contributed by atoms with Crippen molar-refractivity contribution in [1.82, 2.24) is 9.88 Å². The van der Waals surface area contributed by atoms with Crippen LogP contribution in [-0.2, 0) is 20.7 Å². The molecule has 3 rings (SSSR count). The highest BCUT2D eigenvalue weighted by Crippen LogP contribution is 2.28. The molecule has 0 radical (unpaired) electrons. The molecule has 1 heterocycles. The number of nitrogens with zero attached hydrogens (tertiary/aromatic N) is 2. The maximum Gasteiger partial charge on any atom is 0.306 e. The molecule has 2 aromatic carbocycles. The van der Waals surface area contributed by atoms with E-state index in [1.165, 1.54) is 17.0 Å². The van der Waals surface area contributed by atoms with Gasteiger partial charge >= 0.3 is 5.97 Å². The van der Waals surface area contributed by atoms with Crippen LogP contribution in [0.4, 0.5) is 4.39 Å². The van der Waals surface area contributed by atoms with Crippen LogP contribution < -0.4 is 0 Å². The van der Waals surface area contributed by atoms with Gasteiger partial charge in [-0.2, -0.15) is 0 Å². The Morgan fingerprint density at radius 1 is 1.18 bits per heavy atom. The Kier molecular flexibility index (Phi) is 6.36. The zero-order valence-electron chi connectivity index (χ0n) is 15.7. The van der Waals surface area contributed by atoms with E-state index in [4.69, 9.17) is 4.74 Å². The standard InChI is InChI=1S/C21H21FN2O3S/c1-14(21-23-17-5-3-4-6-18(17)28-21)24(2)19(25)13-27-20(26)12-9-15-7-10-16(22)11-8-15/h3-8,10-11,14H,9,12-13H2,1-2H3/t14-/m1/s1. The van der Waals surface area contributed by atoms with Crippen molar-refractivity contribution in [3.63, 3.8) is 0 Å². The number of likely N-dealkylation sites (N-methyl/N-ethyl adjacent to an activating group) is 1. The summed E-state index contributed by atoms with van der Waals surface area (Å²) in [6.07, 6.45) is 0.571. The molecule has 0 bridgehead atoms. The number of aryl methyl sites for hydroxylation is 1. The molecule has 0 aliphatic rings. The van der Waals surface area contributed by atoms with Crippen molar-refractivity contribution in [2.75, 3.05) is 13.7 Å². The van der Waals surface area contributed by atoms with Crippen molar-refractivity contribution in [3.05, 3.63) is 64.9 Å². The molecule has 0 saturated carbocycles. The molecule has 0 saturated heterocycles. The number of carbonyl (C=O) groups is 2. The van der Waals surface area contributed by atoms with Gasteiger partial charge in [0.1, 0.15) is 10.8 Å². The predicted octanol–water partition coefficient (Wildman–Crippen LogP) is 4.13. The first-order chi connectivity index (χ1) is 13.4. The Morgan fingerprint density at radius 3 is 2.61 bits per heavy atom. The van der Waals surface area contributed by atoms with Gasteiger partial charge < -0.3 is 9.64 Å². The summed E-state index contributed by atoms with van der Waals surface area (Å²) in [5.74, 6) is -1.07. The first kappa shape index (κ1) is 19.9. The average molecular weight is 400 g/mol. The number of carbonyl (C=O) groups excluding carboxylic acids is 2. The van der Waals surface area contributed by atoms with Crippen molar-refractivity contribution in [3.8, 4) is 0 Å². The van der Waals surface area contributed by atoms with E-state index in [0.29, 0.717) is 6.42 Å². The van der Waals surface area contributed by atoms with E-state index in [1.807, 2.05) is 31.2 Å². The third-order valence-electron chi connectivity index (χ3n) is 4.53. The van der Waals surface area contributed by atoms with Crippen LogP contribution in [0.5, 0.6) is 0 Å². The van der Waals surface area contributed by atoms with Crippen molar-refractivity contribution < 1.29 is 18.7 Å². The van der Waals surface area contributed by atoms with E-state index < -0.39 is 5.97 Å². The summed E-state index contributed by atoms with van der Waals surface area (Å²) in [5.41, 5.74) is 1.74. The second-order valence-corrected chi connectivity index (χ2v) is 7.55. The normalized spacial score (nSPS) is 12.0. The zero-order chi connectivity index (χ0) is 20.1. The number of halogens is 1. The van der Waals surface area contributed by atoms with E-state index in [2.05, 4.69) is 4.98 Å². The second-order valence-electron chi connectivity index (χ2n) is 6.49. The lowest BCUT2D eigenvalue weighted by Crippen LogP contribution is -2.33. The molecule has 0 unspecified atom stereocenters. The molecule has 0 fully saturated rings. The molecule has 5 nitrogen and oxygen atoms in total. The fourth-order valence-corrected chi connectivity index (χ4v) is 3.73. The fraction of sp³-hybridized carbons (Fsp3) is 0.286. The molecule has 3 aromatic rings. The van der Waals surface area contributed by atoms with Crippen LogP contribution in [0.3, 0.4) is 0 Å². The number of aromatic nitrogens is 1. The maximum absolute atomic E-state index is 12.9. The van der Waals surface area contributed by atoms with Gasteiger partial charge in [0.2, 0.25) is 0 Å². The first-order valence-electron chi connectivity index (χ1n) is 8.95. The number of para-hydroxylation sites is 1. The number of esters is 1. The van der Waals surface area contributed by atoms with Gasteiger partial charge in [0, 0.05) is 13.5 Å². The van der Waals surface area contributed by atoms with Gasteiger partial charge in [-0.05, 0) is 43.2 Å². The van der Waals surface area contributed by atoms with Gasteiger partial charge in [-0.15, -0.1) is 11.3 Å². The number of fused-ring (bicyclic) bond motifs is 1. The van der Waals surface area contributed by atoms with Crippen molar-refractivity contribution >= 4 is 33.4 Å². The van der Waals surface area contributed by atoms with Crippen LogP contribution in [0.2, 0.25) is 0 Å². The van der Waals surface area contributed by atoms with Gasteiger partial charge in [-0.3, -0.25) is 9.59 Å². The highest BCUT2D eigenvalue weighted by atomic mass is 32.1. The van der Waals surface area contributed by atoms with E-state index in [9.17, 15) is 14.0 Å². The molecule has 1 aromatic heterocycles. The fourth-order valence-electron chi connectivity index (χ4n) is 2.66. The lowest BCUT2D eigenvalue weighted by Gasteiger charge is -2.23. The van der Waals surface area contributed by atoms with Crippen LogP contribution in [-0.4, -0.2) is 35.4 Å². The molecule has 0 aliphatic heterocycles. The van der Waals surface area contributed by atoms with Crippen LogP contribution in [0.25, 0.3) is 10.2 Å². The number of benzene rings is 2. The maximum atomic E-state index is 12.9. The Morgan fingerprint density at radius 2 is 1.89 bits per heavy atom. The summed E-state index contributed by atoms with van der Waals surface area (Å²) in [6, 6.07) is 13.5. The Balaban J connectivity index is 1.49. The molecule has 146 valence electrons. The van der Waals surface area contributed by atoms with Crippen molar-refractivity contribution in [2.45, 2.75) is 25.8 Å². The third-order valence-corrected chi connectivity index (χ3v) is 5.74. The lowest BCUT2D eigenvalue weighted by molar-refractivity contribution is -0.152. The van der Waals surface area contributed by atoms with Gasteiger partial charge in [0.25, 0.3) is 5.91 Å². The number of amides is 1. The number of hydrogen-bond acceptors (Lipinski definition) is 5. The van der Waals surface area contributed by atoms with Crippen LogP contribution in [0, 0.1) is 5.82 Å². The van der Waals surface area contributed by atoms with Crippen molar-refractivity contribution in [1.29, 1.82) is 0 Å². The summed E-state index contributed by atoms with van der Waals surface area (Å²) in [4.78, 5) is 30.4. The molecule has 0 aliphatic carbocycles. The van der Waals surface area contributed by atoms with E-state index in [0.717, 1.165) is 20.8 Å². The average Bonchev–Trinajstić information content (AvgIpc) is 3.14. The quantitative estimate of drug-likeness (QED) is 0.560. The van der Waals surface area contributed by atoms with E-state index >= 15 is 0 Å². The minimum absolute atomic E-state index is 0.135. The lowest BCUT2D eigenvalue weighted by atomic mass is 10.1. The molecule has 28 heavy (non-hydrogen) atoms. The van der Waals surface area contributed by atoms with Gasteiger partial charge in [0.05, 0.1) is 16.3 Å². The molecule has 0 N–H and O–H groups in total. The summed E-state index contributed by atoms with van der Waals surface area (Å²) in [7, 11) is 1.67. The van der Waals surface area contributed by atoms with Crippen LogP contribution in [0.15, 0.2) is 48.5 Å². The largest absolute Gasteiger partial charge is 0.456 e. The number of thiazole rings is 1. The monoisotopic (exact) mass is 400 g/mol. The van der Waals surface area contributed by atoms with Crippen molar-refractivity contribution in [2.24, 2.45) is 0 Å².